The standard InChI is InChI=1S/C43H36Br2N2/c1-42(2)27-43(3,4)39-25-28(13-22-38(39)42)29-23-34(46(32-18-14-30(44)15-19-32)33-20-16-31(45)17-21-33)26-35(24-29)47-40-11-7-5-9-36(40)37-10-6-8-12-41(37)47/h5-26H,27H2,1-4H3. The summed E-state index contributed by atoms with van der Waals surface area (Å²) in [5.41, 5.74) is 12.5. The molecular formula is C43H36Br2N2. The van der Waals surface area contributed by atoms with Crippen molar-refractivity contribution in [3.63, 3.8) is 0 Å². The fourth-order valence-electron chi connectivity index (χ4n) is 8.02. The Morgan fingerprint density at radius 3 is 1.62 bits per heavy atom. The van der Waals surface area contributed by atoms with Gasteiger partial charge in [-0.15, -0.1) is 0 Å². The van der Waals surface area contributed by atoms with Crippen molar-refractivity contribution < 1.29 is 0 Å². The van der Waals surface area contributed by atoms with Gasteiger partial charge in [0, 0.05) is 42.5 Å². The van der Waals surface area contributed by atoms with Gasteiger partial charge < -0.3 is 9.47 Å². The van der Waals surface area contributed by atoms with Crippen LogP contribution in [0.4, 0.5) is 17.1 Å². The zero-order valence-electron chi connectivity index (χ0n) is 27.1. The molecule has 1 heterocycles. The molecule has 0 unspecified atom stereocenters. The van der Waals surface area contributed by atoms with E-state index >= 15 is 0 Å². The molecule has 0 saturated heterocycles. The Bertz CT molecular complexity index is 2190. The zero-order valence-corrected chi connectivity index (χ0v) is 30.2. The first-order chi connectivity index (χ1) is 22.6. The van der Waals surface area contributed by atoms with Crippen LogP contribution in [0.15, 0.2) is 142 Å². The van der Waals surface area contributed by atoms with Gasteiger partial charge in [0.15, 0.2) is 0 Å². The van der Waals surface area contributed by atoms with Crippen LogP contribution in [-0.4, -0.2) is 4.57 Å². The van der Waals surface area contributed by atoms with Gasteiger partial charge >= 0.3 is 0 Å². The average Bonchev–Trinajstić information content (AvgIpc) is 3.49. The fourth-order valence-corrected chi connectivity index (χ4v) is 8.55. The van der Waals surface area contributed by atoms with Crippen molar-refractivity contribution in [2.45, 2.75) is 44.9 Å². The number of halogens is 2. The molecule has 232 valence electrons. The van der Waals surface area contributed by atoms with Gasteiger partial charge in [-0.3, -0.25) is 0 Å². The predicted molar refractivity (Wildman–Crippen MR) is 207 cm³/mol. The highest BCUT2D eigenvalue weighted by molar-refractivity contribution is 9.10. The van der Waals surface area contributed by atoms with Gasteiger partial charge in [0.1, 0.15) is 0 Å². The van der Waals surface area contributed by atoms with Crippen molar-refractivity contribution in [2.24, 2.45) is 0 Å². The Labute approximate surface area is 293 Å². The number of nitrogens with zero attached hydrogens (tertiary/aromatic N) is 2. The van der Waals surface area contributed by atoms with Crippen LogP contribution in [0.5, 0.6) is 0 Å². The van der Waals surface area contributed by atoms with Gasteiger partial charge in [-0.1, -0.05) is 114 Å². The molecule has 0 N–H and O–H groups in total. The lowest BCUT2D eigenvalue weighted by Crippen LogP contribution is -2.17. The molecule has 0 spiro atoms. The topological polar surface area (TPSA) is 8.17 Å². The molecule has 0 fully saturated rings. The van der Waals surface area contributed by atoms with Crippen molar-refractivity contribution >= 4 is 70.7 Å². The second kappa shape index (κ2) is 11.2. The van der Waals surface area contributed by atoms with Gasteiger partial charge in [-0.2, -0.15) is 0 Å². The maximum Gasteiger partial charge on any atom is 0.0541 e. The largest absolute Gasteiger partial charge is 0.310 e. The predicted octanol–water partition coefficient (Wildman–Crippen LogP) is 13.4. The molecule has 0 bridgehead atoms. The van der Waals surface area contributed by atoms with E-state index < -0.39 is 0 Å². The van der Waals surface area contributed by atoms with E-state index in [0.717, 1.165) is 38.1 Å². The summed E-state index contributed by atoms with van der Waals surface area (Å²) in [6, 6.07) is 48.9. The Balaban J connectivity index is 1.43. The number of aromatic nitrogens is 1. The summed E-state index contributed by atoms with van der Waals surface area (Å²) in [4.78, 5) is 2.36. The third-order valence-corrected chi connectivity index (χ3v) is 10.9. The lowest BCUT2D eigenvalue weighted by molar-refractivity contribution is 0.403. The van der Waals surface area contributed by atoms with E-state index in [4.69, 9.17) is 0 Å². The molecule has 7 aromatic rings. The summed E-state index contributed by atoms with van der Waals surface area (Å²) < 4.78 is 4.54. The van der Waals surface area contributed by atoms with Crippen LogP contribution >= 0.6 is 31.9 Å². The van der Waals surface area contributed by atoms with Gasteiger partial charge in [0.25, 0.3) is 0 Å². The number of hydrogen-bond acceptors (Lipinski definition) is 1. The molecule has 47 heavy (non-hydrogen) atoms. The highest BCUT2D eigenvalue weighted by Crippen LogP contribution is 2.50. The normalized spacial score (nSPS) is 14.9. The van der Waals surface area contributed by atoms with Crippen molar-refractivity contribution in [3.8, 4) is 16.8 Å². The Morgan fingerprint density at radius 2 is 1.04 bits per heavy atom. The minimum Gasteiger partial charge on any atom is -0.310 e. The van der Waals surface area contributed by atoms with E-state index in [1.54, 1.807) is 0 Å². The van der Waals surface area contributed by atoms with Crippen LogP contribution in [-0.2, 0) is 10.8 Å². The van der Waals surface area contributed by atoms with E-state index in [1.807, 2.05) is 0 Å². The molecular weight excluding hydrogens is 704 g/mol. The molecule has 1 aromatic heterocycles. The van der Waals surface area contributed by atoms with Gasteiger partial charge in [-0.25, -0.2) is 0 Å². The first kappa shape index (κ1) is 30.2. The SMILES string of the molecule is CC1(C)CC(C)(C)c2cc(-c3cc(N(c4ccc(Br)cc4)c4ccc(Br)cc4)cc(-n4c5ccccc5c5ccccc54)c3)ccc21. The van der Waals surface area contributed by atoms with E-state index in [0.29, 0.717) is 0 Å². The number of para-hydroxylation sites is 2. The molecule has 4 heteroatoms. The second-order valence-corrected chi connectivity index (χ2v) is 15.9. The molecule has 0 saturated carbocycles. The Hall–Kier alpha value is -4.12. The average molecular weight is 741 g/mol. The van der Waals surface area contributed by atoms with Gasteiger partial charge in [-0.05, 0) is 118 Å². The highest BCUT2D eigenvalue weighted by Gasteiger charge is 2.41. The van der Waals surface area contributed by atoms with E-state index in [-0.39, 0.29) is 10.8 Å². The quantitative estimate of drug-likeness (QED) is 0.171. The minimum absolute atomic E-state index is 0.114. The smallest absolute Gasteiger partial charge is 0.0541 e. The molecule has 0 amide bonds. The van der Waals surface area contributed by atoms with E-state index in [1.165, 1.54) is 44.1 Å². The van der Waals surface area contributed by atoms with Crippen LogP contribution in [0.3, 0.4) is 0 Å². The molecule has 1 aliphatic carbocycles. The lowest BCUT2D eigenvalue weighted by atomic mass is 9.82. The van der Waals surface area contributed by atoms with Crippen LogP contribution in [0.25, 0.3) is 38.6 Å². The number of anilines is 3. The molecule has 1 aliphatic rings. The zero-order chi connectivity index (χ0) is 32.5. The summed E-state index contributed by atoms with van der Waals surface area (Å²) in [7, 11) is 0. The summed E-state index contributed by atoms with van der Waals surface area (Å²) in [6.45, 7) is 9.56. The van der Waals surface area contributed by atoms with Crippen molar-refractivity contribution in [3.05, 3.63) is 154 Å². The molecule has 2 nitrogen and oxygen atoms in total. The highest BCUT2D eigenvalue weighted by atomic mass is 79.9. The number of rotatable bonds is 5. The molecule has 0 radical (unpaired) electrons. The van der Waals surface area contributed by atoms with Crippen LogP contribution in [0.2, 0.25) is 0 Å². The minimum atomic E-state index is 0.114. The van der Waals surface area contributed by atoms with Crippen LogP contribution in [0, 0.1) is 0 Å². The Kier molecular flexibility index (Phi) is 7.23. The molecule has 8 rings (SSSR count). The van der Waals surface area contributed by atoms with Gasteiger partial charge in [0.05, 0.1) is 11.0 Å². The third kappa shape index (κ3) is 5.23. The molecule has 0 atom stereocenters. The van der Waals surface area contributed by atoms with Crippen molar-refractivity contribution in [1.82, 2.24) is 4.57 Å². The van der Waals surface area contributed by atoms with Crippen LogP contribution in [0.1, 0.15) is 45.2 Å². The third-order valence-electron chi connectivity index (χ3n) is 9.86. The number of benzene rings is 6. The number of hydrogen-bond donors (Lipinski definition) is 0. The number of fused-ring (bicyclic) bond motifs is 4. The van der Waals surface area contributed by atoms with Crippen molar-refractivity contribution in [1.29, 1.82) is 0 Å². The van der Waals surface area contributed by atoms with Crippen molar-refractivity contribution in [2.75, 3.05) is 4.90 Å². The molecule has 6 aromatic carbocycles. The fraction of sp³-hybridized carbons (Fsp3) is 0.163. The maximum absolute atomic E-state index is 3.66. The van der Waals surface area contributed by atoms with E-state index in [2.05, 4.69) is 202 Å². The summed E-state index contributed by atoms with van der Waals surface area (Å²) in [5, 5.41) is 2.52. The monoisotopic (exact) mass is 738 g/mol. The van der Waals surface area contributed by atoms with Gasteiger partial charge in [0.2, 0.25) is 0 Å². The first-order valence-electron chi connectivity index (χ1n) is 16.2. The Morgan fingerprint density at radius 1 is 0.511 bits per heavy atom. The summed E-state index contributed by atoms with van der Waals surface area (Å²) in [5.74, 6) is 0. The first-order valence-corrected chi connectivity index (χ1v) is 17.8. The lowest BCUT2D eigenvalue weighted by Gasteiger charge is -2.27. The van der Waals surface area contributed by atoms with Crippen LogP contribution < -0.4 is 4.90 Å². The second-order valence-electron chi connectivity index (χ2n) is 14.1. The van der Waals surface area contributed by atoms with E-state index in [9.17, 15) is 0 Å². The molecule has 0 aliphatic heterocycles. The summed E-state index contributed by atoms with van der Waals surface area (Å²) in [6.07, 6.45) is 1.15. The maximum atomic E-state index is 3.66. The summed E-state index contributed by atoms with van der Waals surface area (Å²) >= 11 is 7.31.